The molecule has 55 heavy (non-hydrogen) atoms. The van der Waals surface area contributed by atoms with Crippen LogP contribution in [0.3, 0.4) is 0 Å². The minimum atomic E-state index is -2.11. The normalized spacial score (nSPS) is 15.6. The highest BCUT2D eigenvalue weighted by Gasteiger charge is 2.39. The van der Waals surface area contributed by atoms with Crippen molar-refractivity contribution in [2.75, 3.05) is 39.1 Å². The van der Waals surface area contributed by atoms with E-state index in [1.165, 1.54) is 25.9 Å². The van der Waals surface area contributed by atoms with E-state index in [0.29, 0.717) is 51.8 Å². The molecule has 6 rings (SSSR count). The van der Waals surface area contributed by atoms with E-state index in [0.717, 1.165) is 28.1 Å². The summed E-state index contributed by atoms with van der Waals surface area (Å²) in [5.41, 5.74) is 3.11. The Bertz CT molecular complexity index is 2280. The maximum Gasteiger partial charge on any atom is 0.412 e. The molecule has 0 saturated carbocycles. The van der Waals surface area contributed by atoms with Crippen molar-refractivity contribution in [2.45, 2.75) is 70.3 Å². The highest BCUT2D eigenvalue weighted by Crippen LogP contribution is 2.50. The number of carbonyl (C=O) groups is 2. The fourth-order valence-electron chi connectivity index (χ4n) is 7.04. The van der Waals surface area contributed by atoms with Crippen LogP contribution in [0.4, 0.5) is 16.3 Å². The number of halogens is 1. The van der Waals surface area contributed by atoms with Crippen LogP contribution in [-0.2, 0) is 22.3 Å². The summed E-state index contributed by atoms with van der Waals surface area (Å²) in [6.45, 7) is 10.7. The Labute approximate surface area is 324 Å². The van der Waals surface area contributed by atoms with Crippen LogP contribution in [0.15, 0.2) is 48.7 Å². The molecule has 1 aliphatic carbocycles. The molecule has 292 valence electrons. The molecule has 2 N–H and O–H groups in total. The van der Waals surface area contributed by atoms with Gasteiger partial charge in [0.15, 0.2) is 32.2 Å². The summed E-state index contributed by atoms with van der Waals surface area (Å²) in [6.07, 6.45) is 0.826. The molecule has 3 aromatic carbocycles. The van der Waals surface area contributed by atoms with Gasteiger partial charge < -0.3 is 38.5 Å². The summed E-state index contributed by atoms with van der Waals surface area (Å²) < 4.78 is 30.0. The maximum atomic E-state index is 14.4. The Morgan fingerprint density at radius 3 is 2.42 bits per heavy atom. The van der Waals surface area contributed by atoms with Gasteiger partial charge in [0.05, 0.1) is 44.8 Å². The lowest BCUT2D eigenvalue weighted by Crippen LogP contribution is -2.41. The average molecular weight is 792 g/mol. The number of H-pyrrole nitrogens is 1. The minimum Gasteiger partial charge on any atom is -0.493 e. The molecule has 0 saturated heterocycles. The third-order valence-corrected chi connectivity index (χ3v) is 15.8. The van der Waals surface area contributed by atoms with Crippen molar-refractivity contribution in [3.05, 3.63) is 81.4 Å². The van der Waals surface area contributed by atoms with Gasteiger partial charge in [0.25, 0.3) is 0 Å². The number of anilines is 1. The summed E-state index contributed by atoms with van der Waals surface area (Å²) in [7, 11) is 2.46. The first-order chi connectivity index (χ1) is 26.1. The van der Waals surface area contributed by atoms with Crippen LogP contribution < -0.4 is 19.5 Å². The fraction of sp³-hybridized carbons (Fsp3) is 0.410. The molecule has 0 spiro atoms. The van der Waals surface area contributed by atoms with Gasteiger partial charge in [-0.05, 0) is 70.1 Å². The maximum absolute atomic E-state index is 14.4. The smallest absolute Gasteiger partial charge is 0.412 e. The molecular weight excluding hydrogens is 746 g/mol. The van der Waals surface area contributed by atoms with Crippen LogP contribution >= 0.6 is 11.6 Å². The van der Waals surface area contributed by atoms with Crippen LogP contribution in [-0.4, -0.2) is 73.5 Å². The number of imidazole rings is 1. The highest BCUT2D eigenvalue weighted by molar-refractivity contribution is 6.74. The quantitative estimate of drug-likeness (QED) is 0.0364. The number of rotatable bonds is 14. The Morgan fingerprint density at radius 1 is 1.07 bits per heavy atom. The predicted octanol–water partition coefficient (Wildman–Crippen LogP) is 8.91. The average Bonchev–Trinajstić information content (AvgIpc) is 3.87. The van der Waals surface area contributed by atoms with Gasteiger partial charge in [0.1, 0.15) is 12.7 Å². The summed E-state index contributed by atoms with van der Waals surface area (Å²) in [5.74, 6) is 0.705. The molecule has 2 heterocycles. The van der Waals surface area contributed by atoms with E-state index in [9.17, 15) is 19.7 Å². The Balaban J connectivity index is 1.27. The molecule has 1 aliphatic rings. The number of aromatic amines is 1. The molecule has 5 aromatic rings. The molecule has 0 radical (unpaired) electrons. The van der Waals surface area contributed by atoms with E-state index in [2.05, 4.69) is 49.1 Å². The molecule has 2 aromatic heterocycles. The number of benzene rings is 3. The lowest BCUT2D eigenvalue weighted by molar-refractivity contribution is -0.392. The zero-order valence-electron chi connectivity index (χ0n) is 32.2. The van der Waals surface area contributed by atoms with Crippen molar-refractivity contribution in [3.8, 4) is 17.2 Å². The van der Waals surface area contributed by atoms with Crippen LogP contribution in [0, 0.1) is 10.1 Å². The number of hydrogen-bond donors (Lipinski definition) is 2. The number of nitro groups is 1. The van der Waals surface area contributed by atoms with E-state index >= 15 is 0 Å². The molecule has 2 unspecified atom stereocenters. The van der Waals surface area contributed by atoms with Crippen LogP contribution in [0.2, 0.25) is 18.1 Å². The predicted molar refractivity (Wildman–Crippen MR) is 213 cm³/mol. The lowest BCUT2D eigenvalue weighted by Gasteiger charge is -2.35. The zero-order valence-corrected chi connectivity index (χ0v) is 34.0. The highest BCUT2D eigenvalue weighted by atomic mass is 35.5. The molecular formula is C39H46ClN5O9Si. The molecule has 1 amide bonds. The third kappa shape index (κ3) is 7.47. The first-order valence-corrected chi connectivity index (χ1v) is 21.3. The van der Waals surface area contributed by atoms with Crippen LogP contribution in [0.5, 0.6) is 17.2 Å². The standard InChI is InChI=1S/C39H46ClN5O9Si/c1-39(2,3)55(7,8)54-14-13-44-31(41-20-32(44)45(48)49)21-53-38(47)43-28-18-26-27(15-23(19-40)33(26)25-12-10-9-11-24(25)28)35(46)29-16-22-17-30(50-4)36(51-5)37(52-6)34(22)42-29/h9-12,16-18,20,23,27,42H,13-15,19,21H2,1-8H3,(H,43,47). The van der Waals surface area contributed by atoms with Gasteiger partial charge in [-0.3, -0.25) is 10.1 Å². The van der Waals surface area contributed by atoms with Crippen molar-refractivity contribution in [1.29, 1.82) is 0 Å². The summed E-state index contributed by atoms with van der Waals surface area (Å²) in [4.78, 5) is 46.5. The monoisotopic (exact) mass is 791 g/mol. The van der Waals surface area contributed by atoms with Gasteiger partial charge in [-0.15, -0.1) is 11.6 Å². The van der Waals surface area contributed by atoms with Gasteiger partial charge in [0.2, 0.25) is 11.6 Å². The van der Waals surface area contributed by atoms with E-state index < -0.39 is 25.3 Å². The Kier molecular flexibility index (Phi) is 11.2. The molecule has 14 nitrogen and oxygen atoms in total. The number of ether oxygens (including phenoxy) is 4. The number of carbonyl (C=O) groups excluding carboxylic acids is 2. The third-order valence-electron chi connectivity index (χ3n) is 10.9. The molecule has 0 aliphatic heterocycles. The number of nitrogens with zero attached hydrogens (tertiary/aromatic N) is 3. The topological polar surface area (TPSA) is 169 Å². The van der Waals surface area contributed by atoms with Crippen molar-refractivity contribution < 1.29 is 37.9 Å². The van der Waals surface area contributed by atoms with Crippen LogP contribution in [0.25, 0.3) is 21.7 Å². The van der Waals surface area contributed by atoms with Gasteiger partial charge in [-0.25, -0.2) is 14.3 Å². The number of ketones is 1. The molecule has 16 heteroatoms. The largest absolute Gasteiger partial charge is 0.493 e. The number of Topliss-reactive ketones (excluding diaryl/α,β-unsaturated/α-hetero) is 1. The van der Waals surface area contributed by atoms with E-state index in [1.807, 2.05) is 30.3 Å². The first kappa shape index (κ1) is 39.6. The summed E-state index contributed by atoms with van der Waals surface area (Å²) >= 11 is 6.54. The summed E-state index contributed by atoms with van der Waals surface area (Å²) in [5, 5.41) is 17.0. The number of nitrogens with one attached hydrogen (secondary N) is 2. The molecule has 0 bridgehead atoms. The number of fused-ring (bicyclic) bond motifs is 4. The number of aromatic nitrogens is 3. The van der Waals surface area contributed by atoms with Crippen molar-refractivity contribution in [3.63, 3.8) is 0 Å². The van der Waals surface area contributed by atoms with E-state index in [-0.39, 0.29) is 48.1 Å². The lowest BCUT2D eigenvalue weighted by atomic mass is 9.91. The summed E-state index contributed by atoms with van der Waals surface area (Å²) in [6, 6.07) is 13.0. The fourth-order valence-corrected chi connectivity index (χ4v) is 8.36. The molecule has 2 atom stereocenters. The van der Waals surface area contributed by atoms with Gasteiger partial charge in [0, 0.05) is 22.6 Å². The number of hydrogen-bond acceptors (Lipinski definition) is 10. The Morgan fingerprint density at radius 2 is 1.78 bits per heavy atom. The van der Waals surface area contributed by atoms with Gasteiger partial charge in [-0.2, -0.15) is 0 Å². The van der Waals surface area contributed by atoms with Crippen LogP contribution in [0.1, 0.15) is 66.5 Å². The van der Waals surface area contributed by atoms with Crippen molar-refractivity contribution >= 4 is 65.0 Å². The zero-order chi connectivity index (χ0) is 39.8. The Hall–Kier alpha value is -5.12. The van der Waals surface area contributed by atoms with Gasteiger partial charge in [-0.1, -0.05) is 45.0 Å². The molecule has 0 fully saturated rings. The SMILES string of the molecule is COc1cc2cc(C(=O)C3CC(CCl)c4c3cc(NC(=O)OCc3ncc([N+](=O)[O-])n3CCO[Si](C)(C)C(C)(C)C)c3ccccc43)[nH]c2c(OC)c1OC. The van der Waals surface area contributed by atoms with Gasteiger partial charge >= 0.3 is 11.9 Å². The number of amides is 1. The van der Waals surface area contributed by atoms with Crippen molar-refractivity contribution in [1.82, 2.24) is 14.5 Å². The second-order valence-electron chi connectivity index (χ2n) is 15.0. The van der Waals surface area contributed by atoms with E-state index in [4.69, 9.17) is 35.0 Å². The second kappa shape index (κ2) is 15.6. The second-order valence-corrected chi connectivity index (χ2v) is 20.1. The number of methoxy groups -OCH3 is 3. The first-order valence-electron chi connectivity index (χ1n) is 17.9. The minimum absolute atomic E-state index is 0.0359. The van der Waals surface area contributed by atoms with Crippen molar-refractivity contribution in [2.24, 2.45) is 0 Å². The number of alkyl halides is 1. The van der Waals surface area contributed by atoms with E-state index in [1.54, 1.807) is 12.1 Å².